The maximum Gasteiger partial charge on any atom is 0.223 e. The topological polar surface area (TPSA) is 84.0 Å². The van der Waals surface area contributed by atoms with Crippen LogP contribution in [-0.2, 0) is 4.79 Å². The maximum atomic E-state index is 11.6. The summed E-state index contributed by atoms with van der Waals surface area (Å²) in [6.45, 7) is 6.50. The van der Waals surface area contributed by atoms with E-state index in [9.17, 15) is 4.79 Å². The number of carbonyl (C=O) groups is 1. The lowest BCUT2D eigenvalue weighted by Gasteiger charge is -2.15. The van der Waals surface area contributed by atoms with Gasteiger partial charge in [-0.1, -0.05) is 6.07 Å². The molecule has 3 N–H and O–H groups in total. The predicted molar refractivity (Wildman–Crippen MR) is 118 cm³/mol. The molecule has 1 amide bonds. The zero-order valence-electron chi connectivity index (χ0n) is 16.3. The largest absolute Gasteiger partial charge is 0.497 e. The highest BCUT2D eigenvalue weighted by Crippen LogP contribution is 2.28. The van der Waals surface area contributed by atoms with Crippen LogP contribution in [-0.4, -0.2) is 51.3 Å². The van der Waals surface area contributed by atoms with Crippen molar-refractivity contribution in [1.29, 1.82) is 0 Å². The molecular formula is C19H31IN4O3. The molecule has 1 saturated carbocycles. The van der Waals surface area contributed by atoms with Gasteiger partial charge in [-0.25, -0.2) is 4.99 Å². The van der Waals surface area contributed by atoms with E-state index in [1.807, 2.05) is 38.1 Å². The summed E-state index contributed by atoms with van der Waals surface area (Å²) >= 11 is 0. The Morgan fingerprint density at radius 3 is 2.59 bits per heavy atom. The fourth-order valence-electron chi connectivity index (χ4n) is 2.36. The summed E-state index contributed by atoms with van der Waals surface area (Å²) in [6.07, 6.45) is 1.97. The highest BCUT2D eigenvalue weighted by molar-refractivity contribution is 14.0. The predicted octanol–water partition coefficient (Wildman–Crippen LogP) is 2.16. The third kappa shape index (κ3) is 9.16. The lowest BCUT2D eigenvalue weighted by atomic mass is 10.3. The van der Waals surface area contributed by atoms with Crippen LogP contribution in [0, 0.1) is 5.92 Å². The van der Waals surface area contributed by atoms with Crippen LogP contribution in [0.25, 0.3) is 0 Å². The van der Waals surface area contributed by atoms with Gasteiger partial charge < -0.3 is 25.4 Å². The summed E-state index contributed by atoms with van der Waals surface area (Å²) in [7, 11) is 1.63. The fraction of sp³-hybridized carbons (Fsp3) is 0.579. The van der Waals surface area contributed by atoms with Gasteiger partial charge in [0.2, 0.25) is 5.91 Å². The van der Waals surface area contributed by atoms with Gasteiger partial charge in [-0.05, 0) is 38.8 Å². The molecule has 1 atom stereocenters. The van der Waals surface area contributed by atoms with Gasteiger partial charge in [-0.3, -0.25) is 4.79 Å². The van der Waals surface area contributed by atoms with Crippen molar-refractivity contribution in [3.8, 4) is 11.5 Å². The highest BCUT2D eigenvalue weighted by atomic mass is 127. The van der Waals surface area contributed by atoms with Crippen LogP contribution in [0.3, 0.4) is 0 Å². The first-order valence-corrected chi connectivity index (χ1v) is 9.23. The van der Waals surface area contributed by atoms with E-state index in [0.29, 0.717) is 25.6 Å². The molecule has 27 heavy (non-hydrogen) atoms. The van der Waals surface area contributed by atoms with E-state index >= 15 is 0 Å². The number of carbonyl (C=O) groups excluding carboxylic acids is 1. The summed E-state index contributed by atoms with van der Waals surface area (Å²) in [4.78, 5) is 16.1. The fourth-order valence-corrected chi connectivity index (χ4v) is 2.36. The van der Waals surface area contributed by atoms with Crippen molar-refractivity contribution in [2.45, 2.75) is 32.8 Å². The zero-order valence-corrected chi connectivity index (χ0v) is 18.6. The van der Waals surface area contributed by atoms with Gasteiger partial charge in [0, 0.05) is 31.6 Å². The standard InChI is InChI=1S/C19H30N4O3.HI/c1-4-20-19(22-11-10-21-18(24)15-8-9-15)23-13-14(2)26-17-7-5-6-16(12-17)25-3;/h5-7,12,14-15H,4,8-11,13H2,1-3H3,(H,21,24)(H2,20,22,23);1H. The molecule has 0 bridgehead atoms. The molecule has 1 aliphatic rings. The quantitative estimate of drug-likeness (QED) is 0.203. The first-order valence-electron chi connectivity index (χ1n) is 9.23. The van der Waals surface area contributed by atoms with Crippen molar-refractivity contribution in [3.63, 3.8) is 0 Å². The molecule has 0 aromatic heterocycles. The van der Waals surface area contributed by atoms with Gasteiger partial charge in [0.05, 0.1) is 13.7 Å². The van der Waals surface area contributed by atoms with E-state index in [1.165, 1.54) is 0 Å². The van der Waals surface area contributed by atoms with Crippen molar-refractivity contribution in [2.24, 2.45) is 10.9 Å². The SMILES string of the molecule is CCNC(=NCC(C)Oc1cccc(OC)c1)NCCNC(=O)C1CC1.I. The van der Waals surface area contributed by atoms with Crippen LogP contribution in [0.2, 0.25) is 0 Å². The van der Waals surface area contributed by atoms with Gasteiger partial charge in [0.15, 0.2) is 5.96 Å². The molecule has 152 valence electrons. The van der Waals surface area contributed by atoms with Crippen LogP contribution in [0.1, 0.15) is 26.7 Å². The number of nitrogens with one attached hydrogen (secondary N) is 3. The smallest absolute Gasteiger partial charge is 0.223 e. The molecule has 0 heterocycles. The molecule has 2 rings (SSSR count). The van der Waals surface area contributed by atoms with Crippen LogP contribution in [0.15, 0.2) is 29.3 Å². The molecule has 1 aliphatic carbocycles. The Morgan fingerprint density at radius 2 is 1.93 bits per heavy atom. The van der Waals surface area contributed by atoms with Crippen molar-refractivity contribution in [3.05, 3.63) is 24.3 Å². The molecule has 1 fully saturated rings. The minimum absolute atomic E-state index is 0. The molecular weight excluding hydrogens is 459 g/mol. The van der Waals surface area contributed by atoms with Crippen LogP contribution in [0.4, 0.5) is 0 Å². The lowest BCUT2D eigenvalue weighted by molar-refractivity contribution is -0.122. The molecule has 8 heteroatoms. The van der Waals surface area contributed by atoms with Gasteiger partial charge in [0.25, 0.3) is 0 Å². The Morgan fingerprint density at radius 1 is 1.22 bits per heavy atom. The number of aliphatic imine (C=N–C) groups is 1. The van der Waals surface area contributed by atoms with E-state index < -0.39 is 0 Å². The monoisotopic (exact) mass is 490 g/mol. The van der Waals surface area contributed by atoms with E-state index in [4.69, 9.17) is 9.47 Å². The number of methoxy groups -OCH3 is 1. The minimum atomic E-state index is -0.0767. The molecule has 1 aromatic carbocycles. The lowest BCUT2D eigenvalue weighted by Crippen LogP contribution is -2.42. The number of amides is 1. The number of nitrogens with zero attached hydrogens (tertiary/aromatic N) is 1. The number of halogens is 1. The first kappa shape index (κ1) is 23.3. The van der Waals surface area contributed by atoms with Gasteiger partial charge >= 0.3 is 0 Å². The molecule has 0 radical (unpaired) electrons. The third-order valence-corrected chi connectivity index (χ3v) is 3.89. The summed E-state index contributed by atoms with van der Waals surface area (Å²) in [5.74, 6) is 2.64. The number of ether oxygens (including phenoxy) is 2. The van der Waals surface area contributed by atoms with Crippen molar-refractivity contribution < 1.29 is 14.3 Å². The molecule has 0 aliphatic heterocycles. The third-order valence-electron chi connectivity index (χ3n) is 3.89. The van der Waals surface area contributed by atoms with E-state index in [-0.39, 0.29) is 41.9 Å². The number of hydrogen-bond donors (Lipinski definition) is 3. The Hall–Kier alpha value is -1.71. The van der Waals surface area contributed by atoms with Gasteiger partial charge in [-0.2, -0.15) is 0 Å². The second-order valence-electron chi connectivity index (χ2n) is 6.32. The Bertz CT molecular complexity index is 608. The van der Waals surface area contributed by atoms with Crippen molar-refractivity contribution in [1.82, 2.24) is 16.0 Å². The summed E-state index contributed by atoms with van der Waals surface area (Å²) in [5.41, 5.74) is 0. The van der Waals surface area contributed by atoms with E-state index in [0.717, 1.165) is 30.9 Å². The minimum Gasteiger partial charge on any atom is -0.497 e. The normalized spacial score (nSPS) is 14.6. The van der Waals surface area contributed by atoms with Crippen molar-refractivity contribution >= 4 is 35.8 Å². The highest BCUT2D eigenvalue weighted by Gasteiger charge is 2.28. The second-order valence-corrected chi connectivity index (χ2v) is 6.32. The zero-order chi connectivity index (χ0) is 18.8. The van der Waals surface area contributed by atoms with Gasteiger partial charge in [0.1, 0.15) is 17.6 Å². The summed E-state index contributed by atoms with van der Waals surface area (Å²) in [6, 6.07) is 7.53. The second kappa shape index (κ2) is 12.6. The Kier molecular flexibility index (Phi) is 10.9. The maximum absolute atomic E-state index is 11.6. The molecule has 0 spiro atoms. The van der Waals surface area contributed by atoms with Crippen LogP contribution in [0.5, 0.6) is 11.5 Å². The van der Waals surface area contributed by atoms with Crippen molar-refractivity contribution in [2.75, 3.05) is 33.3 Å². The molecule has 1 aromatic rings. The van der Waals surface area contributed by atoms with Gasteiger partial charge in [-0.15, -0.1) is 24.0 Å². The Labute approximate surface area is 178 Å². The number of benzene rings is 1. The molecule has 1 unspecified atom stereocenters. The average Bonchev–Trinajstić information content (AvgIpc) is 3.48. The number of guanidine groups is 1. The number of hydrogen-bond acceptors (Lipinski definition) is 4. The van der Waals surface area contributed by atoms with E-state index in [1.54, 1.807) is 7.11 Å². The summed E-state index contributed by atoms with van der Waals surface area (Å²) in [5, 5.41) is 9.35. The van der Waals surface area contributed by atoms with Crippen LogP contribution < -0.4 is 25.4 Å². The Balaban J connectivity index is 0.00000364. The average molecular weight is 490 g/mol. The van der Waals surface area contributed by atoms with Crippen LogP contribution >= 0.6 is 24.0 Å². The molecule has 7 nitrogen and oxygen atoms in total. The molecule has 0 saturated heterocycles. The first-order chi connectivity index (χ1) is 12.6. The summed E-state index contributed by atoms with van der Waals surface area (Å²) < 4.78 is 11.1. The number of rotatable bonds is 10. The van der Waals surface area contributed by atoms with E-state index in [2.05, 4.69) is 20.9 Å².